The van der Waals surface area contributed by atoms with Crippen LogP contribution in [0.4, 0.5) is 0 Å². The van der Waals surface area contributed by atoms with Gasteiger partial charge < -0.3 is 32.2 Å². The van der Waals surface area contributed by atoms with E-state index in [4.69, 9.17) is 0 Å². The van der Waals surface area contributed by atoms with Gasteiger partial charge in [0.2, 0.25) is 0 Å². The van der Waals surface area contributed by atoms with E-state index in [1.807, 2.05) is 0 Å². The van der Waals surface area contributed by atoms with Gasteiger partial charge in [0.25, 0.3) is 0 Å². The first kappa shape index (κ1) is 47.3. The SMILES string of the molecule is C.C.C1CC[N-]CC1.C1CC[N-]CC1.CN1CC[CH-]CC1.CN1CC[N-]CC1.[V].[V].[V].[V]. The number of nitrogens with zero attached hydrogens (tertiary/aromatic N) is 5. The van der Waals surface area contributed by atoms with Crippen LogP contribution in [-0.4, -0.2) is 89.3 Å². The molecule has 4 saturated heterocycles. The molecule has 4 rings (SSSR count). The average Bonchev–Trinajstić information content (AvgIpc) is 2.73. The summed E-state index contributed by atoms with van der Waals surface area (Å²) < 4.78 is 0. The average molecular weight is 601 g/mol. The number of piperazine rings is 1. The fraction of sp³-hybridized carbons (Fsp3) is 0.957. The van der Waals surface area contributed by atoms with Crippen molar-refractivity contribution in [3.63, 3.8) is 0 Å². The minimum absolute atomic E-state index is 0. The first-order valence-corrected chi connectivity index (χ1v) is 10.9. The standard InChI is InChI=1S/C6H12N.C5H11N2.2C5H10N.2CH4.4V/c1-7-5-3-2-4-6-7;1-7-4-2-6-3-5-7;2*1-2-4-6-5-3-1;;;;;;/h2H,3-6H2,1H3;2-5H2,1H3;2*1-5H2;2*1H4;;;;/q4*-1;;;;;;. The van der Waals surface area contributed by atoms with E-state index >= 15 is 0 Å². The summed E-state index contributed by atoms with van der Waals surface area (Å²) in [5, 5.41) is 12.5. The largest absolute Gasteiger partial charge is 0.662 e. The second kappa shape index (κ2) is 37.7. The van der Waals surface area contributed by atoms with Crippen molar-refractivity contribution in [2.24, 2.45) is 0 Å². The van der Waals surface area contributed by atoms with Crippen LogP contribution in [0.15, 0.2) is 0 Å². The molecule has 4 aliphatic heterocycles. The molecule has 0 amide bonds. The summed E-state index contributed by atoms with van der Waals surface area (Å²) in [5.41, 5.74) is 0. The van der Waals surface area contributed by atoms with Gasteiger partial charge in [0, 0.05) is 74.2 Å². The van der Waals surface area contributed by atoms with Gasteiger partial charge >= 0.3 is 0 Å². The molecule has 0 atom stereocenters. The maximum Gasteiger partial charge on any atom is 0 e. The molecule has 32 heavy (non-hydrogen) atoms. The third kappa shape index (κ3) is 34.3. The van der Waals surface area contributed by atoms with Crippen molar-refractivity contribution >= 4 is 0 Å². The number of rotatable bonds is 0. The summed E-state index contributed by atoms with van der Waals surface area (Å²) in [5.74, 6) is 0. The molecule has 0 aromatic carbocycles. The van der Waals surface area contributed by atoms with E-state index in [0.29, 0.717) is 0 Å². The van der Waals surface area contributed by atoms with Crippen LogP contribution in [0.25, 0.3) is 16.0 Å². The van der Waals surface area contributed by atoms with Crippen molar-refractivity contribution in [1.29, 1.82) is 0 Å². The number of likely N-dealkylation sites (N-methyl/N-ethyl adjacent to an activating group) is 1. The molecule has 0 unspecified atom stereocenters. The van der Waals surface area contributed by atoms with E-state index in [-0.39, 0.29) is 89.1 Å². The van der Waals surface area contributed by atoms with Gasteiger partial charge in [0.15, 0.2) is 0 Å². The number of hydrogen-bond acceptors (Lipinski definition) is 2. The van der Waals surface area contributed by atoms with Gasteiger partial charge in [-0.3, -0.25) is 0 Å². The molecule has 0 bridgehead atoms. The van der Waals surface area contributed by atoms with Gasteiger partial charge in [-0.05, 0) is 40.3 Å². The molecule has 0 aromatic rings. The Labute approximate surface area is 250 Å². The van der Waals surface area contributed by atoms with E-state index in [0.717, 1.165) is 52.4 Å². The van der Waals surface area contributed by atoms with Crippen LogP contribution in [0.1, 0.15) is 66.2 Å². The number of hydrogen-bond donors (Lipinski definition) is 0. The zero-order valence-electron chi connectivity index (χ0n) is 19.3. The molecule has 0 aliphatic carbocycles. The fourth-order valence-electron chi connectivity index (χ4n) is 3.06. The summed E-state index contributed by atoms with van der Waals surface area (Å²) in [6.07, 6.45) is 13.1. The van der Waals surface area contributed by atoms with Crippen LogP contribution >= 0.6 is 0 Å². The fourth-order valence-corrected chi connectivity index (χ4v) is 3.06. The van der Waals surface area contributed by atoms with E-state index in [2.05, 4.69) is 46.3 Å². The molecule has 4 aliphatic rings. The third-order valence-electron chi connectivity index (χ3n) is 4.97. The summed E-state index contributed by atoms with van der Waals surface area (Å²) in [4.78, 5) is 4.66. The third-order valence-corrected chi connectivity index (χ3v) is 4.97. The van der Waals surface area contributed by atoms with Crippen molar-refractivity contribution in [1.82, 2.24) is 9.80 Å². The maximum absolute atomic E-state index is 4.19. The quantitative estimate of drug-likeness (QED) is 0.341. The van der Waals surface area contributed by atoms with Gasteiger partial charge in [0.05, 0.1) is 0 Å². The van der Waals surface area contributed by atoms with Crippen LogP contribution in [-0.2, 0) is 74.2 Å². The molecule has 192 valence electrons. The molecule has 0 spiro atoms. The first-order chi connectivity index (χ1) is 12.8. The summed E-state index contributed by atoms with van der Waals surface area (Å²) in [6.45, 7) is 11.4. The maximum atomic E-state index is 4.19. The van der Waals surface area contributed by atoms with Crippen LogP contribution in [0, 0.1) is 6.42 Å². The number of piperidine rings is 3. The van der Waals surface area contributed by atoms with E-state index < -0.39 is 0 Å². The van der Waals surface area contributed by atoms with Gasteiger partial charge in [0.1, 0.15) is 0 Å². The van der Waals surface area contributed by atoms with Crippen LogP contribution in [0.2, 0.25) is 0 Å². The van der Waals surface area contributed by atoms with Crippen molar-refractivity contribution < 1.29 is 74.2 Å². The molecule has 0 saturated carbocycles. The van der Waals surface area contributed by atoms with Crippen molar-refractivity contribution in [2.45, 2.75) is 66.2 Å². The molecule has 4 radical (unpaired) electrons. The molecular formula is C23H51N5V4-4. The minimum atomic E-state index is 0. The molecule has 4 heterocycles. The predicted molar refractivity (Wildman–Crippen MR) is 129 cm³/mol. The molecule has 9 heteroatoms. The van der Waals surface area contributed by atoms with Gasteiger partial charge in [-0.1, -0.05) is 53.4 Å². The van der Waals surface area contributed by atoms with Crippen molar-refractivity contribution in [3.8, 4) is 0 Å². The topological polar surface area (TPSA) is 48.8 Å². The minimum Gasteiger partial charge on any atom is -0.662 e. The van der Waals surface area contributed by atoms with Gasteiger partial charge in [-0.25, -0.2) is 0 Å². The number of likely N-dealkylation sites (tertiary alicyclic amines) is 1. The Bertz CT molecular complexity index is 235. The summed E-state index contributed by atoms with van der Waals surface area (Å²) in [6, 6.07) is 0. The first-order valence-electron chi connectivity index (χ1n) is 10.9. The molecule has 0 aromatic heterocycles. The predicted octanol–water partition coefficient (Wildman–Crippen LogP) is 5.57. The van der Waals surface area contributed by atoms with E-state index in [1.165, 1.54) is 64.5 Å². The zero-order chi connectivity index (χ0) is 18.7. The van der Waals surface area contributed by atoms with E-state index in [1.54, 1.807) is 0 Å². The summed E-state index contributed by atoms with van der Waals surface area (Å²) in [7, 11) is 4.31. The van der Waals surface area contributed by atoms with Crippen LogP contribution < -0.4 is 0 Å². The van der Waals surface area contributed by atoms with Gasteiger partial charge in [-0.2, -0.15) is 12.8 Å². The Morgan fingerprint density at radius 1 is 0.469 bits per heavy atom. The van der Waals surface area contributed by atoms with Gasteiger partial charge in [-0.15, -0.1) is 39.3 Å². The molecular weight excluding hydrogens is 550 g/mol. The Morgan fingerprint density at radius 3 is 0.938 bits per heavy atom. The van der Waals surface area contributed by atoms with Crippen molar-refractivity contribution in [2.75, 3.05) is 79.5 Å². The van der Waals surface area contributed by atoms with Crippen LogP contribution in [0.3, 0.4) is 0 Å². The second-order valence-electron chi connectivity index (χ2n) is 7.61. The monoisotopic (exact) mass is 601 g/mol. The smallest absolute Gasteiger partial charge is 0 e. The van der Waals surface area contributed by atoms with Crippen LogP contribution in [0.5, 0.6) is 0 Å². The van der Waals surface area contributed by atoms with E-state index in [9.17, 15) is 0 Å². The molecule has 0 N–H and O–H groups in total. The van der Waals surface area contributed by atoms with Crippen molar-refractivity contribution in [3.05, 3.63) is 22.4 Å². The summed E-state index contributed by atoms with van der Waals surface area (Å²) >= 11 is 0. The Kier molecular flexibility index (Phi) is 55.8. The molecule has 4 fully saturated rings. The normalized spacial score (nSPS) is 20.1. The molecule has 5 nitrogen and oxygen atoms in total. The Morgan fingerprint density at radius 2 is 0.781 bits per heavy atom. The Hall–Kier alpha value is 2.14. The zero-order valence-corrected chi connectivity index (χ0v) is 24.9. The second-order valence-corrected chi connectivity index (χ2v) is 7.61. The Balaban J connectivity index is -0.0000000664.